The number of aromatic nitrogens is 3. The van der Waals surface area contributed by atoms with Gasteiger partial charge in [-0.25, -0.2) is 4.98 Å². The third-order valence-electron chi connectivity index (χ3n) is 6.08. The smallest absolute Gasteiger partial charge is 0.253 e. The summed E-state index contributed by atoms with van der Waals surface area (Å²) in [7, 11) is 0. The largest absolute Gasteiger partial charge is 0.507 e. The number of phenols is 1. The van der Waals surface area contributed by atoms with Gasteiger partial charge in [-0.1, -0.05) is 12.1 Å². The molecule has 0 aliphatic carbocycles. The van der Waals surface area contributed by atoms with Gasteiger partial charge >= 0.3 is 0 Å². The molecule has 7 nitrogen and oxygen atoms in total. The average Bonchev–Trinajstić information content (AvgIpc) is 3.25. The number of anilines is 1. The normalized spacial score (nSPS) is 14.5. The maximum Gasteiger partial charge on any atom is 0.253 e. The Morgan fingerprint density at radius 1 is 1.15 bits per heavy atom. The summed E-state index contributed by atoms with van der Waals surface area (Å²) in [5, 5.41) is 18.4. The minimum atomic E-state index is 0.0789. The Morgan fingerprint density at radius 3 is 2.59 bits per heavy atom. The van der Waals surface area contributed by atoms with Crippen molar-refractivity contribution >= 4 is 45.1 Å². The maximum absolute atomic E-state index is 12.9. The fourth-order valence-corrected chi connectivity index (χ4v) is 4.98. The van der Waals surface area contributed by atoms with Crippen LogP contribution >= 0.6 is 27.7 Å². The molecule has 174 valence electrons. The van der Waals surface area contributed by atoms with E-state index < -0.39 is 0 Å². The highest BCUT2D eigenvalue weighted by Crippen LogP contribution is 2.31. The van der Waals surface area contributed by atoms with Crippen LogP contribution in [-0.2, 0) is 0 Å². The van der Waals surface area contributed by atoms with E-state index in [0.717, 1.165) is 33.6 Å². The average molecular weight is 538 g/mol. The number of thioether (sulfide) groups is 1. The number of phenolic OH excluding ortho intramolecular Hbond substituents is 1. The number of fused-ring (bicyclic) bond motifs is 1. The zero-order chi connectivity index (χ0) is 23.7. The van der Waals surface area contributed by atoms with Crippen LogP contribution in [0.1, 0.15) is 23.2 Å². The van der Waals surface area contributed by atoms with E-state index in [2.05, 4.69) is 26.3 Å². The number of aromatic hydroxyl groups is 1. The number of hydrogen-bond acceptors (Lipinski definition) is 6. The highest BCUT2D eigenvalue weighted by Gasteiger charge is 2.25. The first kappa shape index (κ1) is 22.7. The summed E-state index contributed by atoms with van der Waals surface area (Å²) in [5.41, 5.74) is 2.72. The molecule has 0 bridgehead atoms. The summed E-state index contributed by atoms with van der Waals surface area (Å²) in [6.45, 7) is 1.37. The SMILES string of the molecule is CSc1ccc(C(=O)N2CCC(Nc3cc(-c4ccccc4O)nc4c(Br)cnn34)CC2)cc1. The third kappa shape index (κ3) is 4.50. The maximum atomic E-state index is 12.9. The van der Waals surface area contributed by atoms with Gasteiger partial charge in [-0.2, -0.15) is 9.61 Å². The molecule has 1 saturated heterocycles. The molecule has 2 N–H and O–H groups in total. The van der Waals surface area contributed by atoms with Gasteiger partial charge in [0.2, 0.25) is 0 Å². The molecule has 1 fully saturated rings. The molecule has 0 saturated carbocycles. The molecule has 1 aliphatic heterocycles. The van der Waals surface area contributed by atoms with Crippen molar-refractivity contribution in [1.29, 1.82) is 0 Å². The number of para-hydroxylation sites is 1. The summed E-state index contributed by atoms with van der Waals surface area (Å²) in [5.74, 6) is 1.06. The fourth-order valence-electron chi connectivity index (χ4n) is 4.22. The van der Waals surface area contributed by atoms with E-state index in [4.69, 9.17) is 4.98 Å². The molecular weight excluding hydrogens is 514 g/mol. The summed E-state index contributed by atoms with van der Waals surface area (Å²) in [4.78, 5) is 20.7. The second kappa shape index (κ2) is 9.68. The van der Waals surface area contributed by atoms with Crippen LogP contribution in [0.25, 0.3) is 16.9 Å². The predicted molar refractivity (Wildman–Crippen MR) is 139 cm³/mol. The van der Waals surface area contributed by atoms with Crippen molar-refractivity contribution in [1.82, 2.24) is 19.5 Å². The number of benzene rings is 2. The van der Waals surface area contributed by atoms with Gasteiger partial charge in [0.25, 0.3) is 5.91 Å². The Hall–Kier alpha value is -3.04. The van der Waals surface area contributed by atoms with E-state index in [9.17, 15) is 9.90 Å². The molecule has 9 heteroatoms. The van der Waals surface area contributed by atoms with E-state index >= 15 is 0 Å². The number of rotatable bonds is 5. The number of halogens is 1. The summed E-state index contributed by atoms with van der Waals surface area (Å²) >= 11 is 5.19. The molecular formula is C25H24BrN5O2S. The lowest BCUT2D eigenvalue weighted by Crippen LogP contribution is -2.42. The number of carbonyl (C=O) groups excluding carboxylic acids is 1. The summed E-state index contributed by atoms with van der Waals surface area (Å²) in [6.07, 6.45) is 5.39. The highest BCUT2D eigenvalue weighted by atomic mass is 79.9. The Kier molecular flexibility index (Phi) is 6.47. The van der Waals surface area contributed by atoms with E-state index in [1.54, 1.807) is 34.6 Å². The lowest BCUT2D eigenvalue weighted by Gasteiger charge is -2.33. The van der Waals surface area contributed by atoms with Gasteiger partial charge in [-0.05, 0) is 71.4 Å². The van der Waals surface area contributed by atoms with Gasteiger partial charge in [0.1, 0.15) is 11.6 Å². The molecule has 0 atom stereocenters. The van der Waals surface area contributed by atoms with Crippen molar-refractivity contribution in [2.24, 2.45) is 0 Å². The molecule has 3 heterocycles. The van der Waals surface area contributed by atoms with Crippen LogP contribution in [0.3, 0.4) is 0 Å². The fraction of sp³-hybridized carbons (Fsp3) is 0.240. The number of carbonyl (C=O) groups is 1. The zero-order valence-electron chi connectivity index (χ0n) is 18.6. The van der Waals surface area contributed by atoms with Crippen molar-refractivity contribution < 1.29 is 9.90 Å². The Bertz CT molecular complexity index is 1330. The number of nitrogens with zero attached hydrogens (tertiary/aromatic N) is 4. The van der Waals surface area contributed by atoms with Crippen LogP contribution in [0.4, 0.5) is 5.82 Å². The predicted octanol–water partition coefficient (Wildman–Crippen LogP) is 5.30. The second-order valence-electron chi connectivity index (χ2n) is 8.21. The van der Waals surface area contributed by atoms with Crippen LogP contribution < -0.4 is 5.32 Å². The molecule has 1 aliphatic rings. The van der Waals surface area contributed by atoms with Crippen LogP contribution in [-0.4, -0.2) is 55.9 Å². The van der Waals surface area contributed by atoms with Crippen LogP contribution in [0.5, 0.6) is 5.75 Å². The molecule has 0 unspecified atom stereocenters. The van der Waals surface area contributed by atoms with Gasteiger partial charge in [0.05, 0.1) is 16.4 Å². The second-order valence-corrected chi connectivity index (χ2v) is 9.94. The monoisotopic (exact) mass is 537 g/mol. The van der Waals surface area contributed by atoms with Crippen molar-refractivity contribution in [3.8, 4) is 17.0 Å². The van der Waals surface area contributed by atoms with Crippen molar-refractivity contribution in [3.05, 3.63) is 70.8 Å². The van der Waals surface area contributed by atoms with Crippen LogP contribution in [0.15, 0.2) is 70.2 Å². The van der Waals surface area contributed by atoms with Gasteiger partial charge in [0, 0.05) is 41.2 Å². The first-order valence-electron chi connectivity index (χ1n) is 11.1. The van der Waals surface area contributed by atoms with Gasteiger partial charge in [-0.15, -0.1) is 11.8 Å². The lowest BCUT2D eigenvalue weighted by molar-refractivity contribution is 0.0718. The topological polar surface area (TPSA) is 82.8 Å². The lowest BCUT2D eigenvalue weighted by atomic mass is 10.0. The zero-order valence-corrected chi connectivity index (χ0v) is 21.0. The summed E-state index contributed by atoms with van der Waals surface area (Å²) < 4.78 is 2.54. The van der Waals surface area contributed by atoms with Crippen molar-refractivity contribution in [2.45, 2.75) is 23.8 Å². The number of hydrogen-bond donors (Lipinski definition) is 2. The number of likely N-dealkylation sites (tertiary alicyclic amines) is 1. The minimum Gasteiger partial charge on any atom is -0.507 e. The molecule has 34 heavy (non-hydrogen) atoms. The number of nitrogens with one attached hydrogen (secondary N) is 1. The summed E-state index contributed by atoms with van der Waals surface area (Å²) in [6, 6.07) is 17.1. The van der Waals surface area contributed by atoms with Crippen molar-refractivity contribution in [3.63, 3.8) is 0 Å². The Morgan fingerprint density at radius 2 is 1.88 bits per heavy atom. The van der Waals surface area contributed by atoms with Gasteiger partial charge < -0.3 is 15.3 Å². The molecule has 4 aromatic rings. The first-order chi connectivity index (χ1) is 16.5. The molecule has 2 aromatic carbocycles. The highest BCUT2D eigenvalue weighted by molar-refractivity contribution is 9.10. The number of amides is 1. The molecule has 0 radical (unpaired) electrons. The molecule has 5 rings (SSSR count). The van der Waals surface area contributed by atoms with Crippen molar-refractivity contribution in [2.75, 3.05) is 24.7 Å². The molecule has 2 aromatic heterocycles. The van der Waals surface area contributed by atoms with Gasteiger partial charge in [-0.3, -0.25) is 4.79 Å². The van der Waals surface area contributed by atoms with E-state index in [0.29, 0.717) is 30.0 Å². The third-order valence-corrected chi connectivity index (χ3v) is 7.38. The first-order valence-corrected chi connectivity index (χ1v) is 13.1. The molecule has 1 amide bonds. The van der Waals surface area contributed by atoms with E-state index in [1.807, 2.05) is 53.6 Å². The van der Waals surface area contributed by atoms with E-state index in [-0.39, 0.29) is 17.7 Å². The van der Waals surface area contributed by atoms with E-state index in [1.165, 1.54) is 0 Å². The Labute approximate surface area is 210 Å². The van der Waals surface area contributed by atoms with Crippen LogP contribution in [0.2, 0.25) is 0 Å². The quantitative estimate of drug-likeness (QED) is 0.336. The van der Waals surface area contributed by atoms with Crippen LogP contribution in [0, 0.1) is 0 Å². The van der Waals surface area contributed by atoms with Gasteiger partial charge in [0.15, 0.2) is 5.65 Å². The minimum absolute atomic E-state index is 0.0789. The standard InChI is InChI=1S/C25H24BrN5O2S/c1-34-18-8-6-16(7-9-18)25(33)30-12-10-17(11-13-30)28-23-14-21(19-4-2-3-5-22(19)32)29-24-20(26)15-27-31(23)24/h2-9,14-15,17,28,32H,10-13H2,1H3. The molecule has 0 spiro atoms. The Balaban J connectivity index is 1.33. The number of piperidine rings is 1.